The molecule has 0 saturated carbocycles. The maximum Gasteiger partial charge on any atom is 0.331 e. The standard InChI is InChI=1S/C12H12O3/c1-2-14-10-6-4-3-5-9(10)11-7-8-12(13)15-11/h3-8,11H,2H2,1H3. The van der Waals surface area contributed by atoms with Crippen molar-refractivity contribution in [1.29, 1.82) is 0 Å². The molecular formula is C12H12O3. The normalized spacial score (nSPS) is 19.0. The lowest BCUT2D eigenvalue weighted by atomic mass is 10.1. The van der Waals surface area contributed by atoms with Crippen molar-refractivity contribution in [3.8, 4) is 5.75 Å². The zero-order chi connectivity index (χ0) is 10.7. The third-order valence-corrected chi connectivity index (χ3v) is 2.18. The Morgan fingerprint density at radius 2 is 2.20 bits per heavy atom. The third-order valence-electron chi connectivity index (χ3n) is 2.18. The molecule has 3 heteroatoms. The van der Waals surface area contributed by atoms with Crippen LogP contribution in [0.4, 0.5) is 0 Å². The number of cyclic esters (lactones) is 1. The molecule has 2 rings (SSSR count). The van der Waals surface area contributed by atoms with Crippen LogP contribution in [0.2, 0.25) is 0 Å². The first-order valence-electron chi connectivity index (χ1n) is 4.92. The van der Waals surface area contributed by atoms with Crippen molar-refractivity contribution in [2.24, 2.45) is 0 Å². The van der Waals surface area contributed by atoms with Gasteiger partial charge in [0.2, 0.25) is 0 Å². The van der Waals surface area contributed by atoms with Gasteiger partial charge >= 0.3 is 5.97 Å². The molecular weight excluding hydrogens is 192 g/mol. The molecule has 1 aromatic rings. The van der Waals surface area contributed by atoms with E-state index in [1.54, 1.807) is 6.08 Å². The minimum Gasteiger partial charge on any atom is -0.493 e. The third kappa shape index (κ3) is 2.01. The number of hydrogen-bond acceptors (Lipinski definition) is 3. The van der Waals surface area contributed by atoms with Crippen molar-refractivity contribution in [2.75, 3.05) is 6.61 Å². The van der Waals surface area contributed by atoms with Crippen molar-refractivity contribution in [1.82, 2.24) is 0 Å². The Bertz CT molecular complexity index is 396. The van der Waals surface area contributed by atoms with Crippen molar-refractivity contribution in [3.05, 3.63) is 42.0 Å². The first kappa shape index (κ1) is 9.77. The summed E-state index contributed by atoms with van der Waals surface area (Å²) in [4.78, 5) is 10.9. The first-order valence-corrected chi connectivity index (χ1v) is 4.92. The van der Waals surface area contributed by atoms with E-state index in [-0.39, 0.29) is 12.1 Å². The second kappa shape index (κ2) is 4.17. The molecule has 1 aromatic carbocycles. The fourth-order valence-electron chi connectivity index (χ4n) is 1.54. The summed E-state index contributed by atoms with van der Waals surface area (Å²) in [5, 5.41) is 0. The van der Waals surface area contributed by atoms with Gasteiger partial charge in [-0.05, 0) is 19.1 Å². The van der Waals surface area contributed by atoms with Gasteiger partial charge in [-0.15, -0.1) is 0 Å². The Morgan fingerprint density at radius 3 is 2.87 bits per heavy atom. The Morgan fingerprint density at radius 1 is 1.40 bits per heavy atom. The van der Waals surface area contributed by atoms with E-state index in [9.17, 15) is 4.79 Å². The molecule has 1 aliphatic rings. The topological polar surface area (TPSA) is 35.5 Å². The van der Waals surface area contributed by atoms with Gasteiger partial charge in [-0.25, -0.2) is 4.79 Å². The number of carbonyl (C=O) groups excluding carboxylic acids is 1. The molecule has 1 unspecified atom stereocenters. The minimum absolute atomic E-state index is 0.300. The fourth-order valence-corrected chi connectivity index (χ4v) is 1.54. The summed E-state index contributed by atoms with van der Waals surface area (Å²) in [6.07, 6.45) is 2.87. The van der Waals surface area contributed by atoms with Gasteiger partial charge in [-0.3, -0.25) is 0 Å². The molecule has 0 saturated heterocycles. The van der Waals surface area contributed by atoms with Crippen LogP contribution in [-0.2, 0) is 9.53 Å². The summed E-state index contributed by atoms with van der Waals surface area (Å²) in [6.45, 7) is 2.52. The maximum absolute atomic E-state index is 10.9. The zero-order valence-corrected chi connectivity index (χ0v) is 8.47. The summed E-state index contributed by atoms with van der Waals surface area (Å²) in [5.41, 5.74) is 0.890. The first-order chi connectivity index (χ1) is 7.31. The molecule has 1 heterocycles. The van der Waals surface area contributed by atoms with Crippen molar-refractivity contribution >= 4 is 5.97 Å². The highest BCUT2D eigenvalue weighted by Crippen LogP contribution is 2.31. The lowest BCUT2D eigenvalue weighted by Crippen LogP contribution is -2.03. The van der Waals surface area contributed by atoms with Gasteiger partial charge in [0.05, 0.1) is 6.61 Å². The van der Waals surface area contributed by atoms with Gasteiger partial charge in [0, 0.05) is 11.6 Å². The molecule has 78 valence electrons. The zero-order valence-electron chi connectivity index (χ0n) is 8.47. The van der Waals surface area contributed by atoms with Crippen LogP contribution in [0, 0.1) is 0 Å². The maximum atomic E-state index is 10.9. The Labute approximate surface area is 88.3 Å². The predicted molar refractivity (Wildman–Crippen MR) is 55.6 cm³/mol. The lowest BCUT2D eigenvalue weighted by Gasteiger charge is -2.13. The number of carbonyl (C=O) groups is 1. The SMILES string of the molecule is CCOc1ccccc1C1C=CC(=O)O1. The van der Waals surface area contributed by atoms with Gasteiger partial charge in [0.1, 0.15) is 11.9 Å². The number of esters is 1. The van der Waals surface area contributed by atoms with Crippen LogP contribution in [0.3, 0.4) is 0 Å². The average molecular weight is 204 g/mol. The van der Waals surface area contributed by atoms with Crippen LogP contribution in [0.1, 0.15) is 18.6 Å². The van der Waals surface area contributed by atoms with E-state index in [4.69, 9.17) is 9.47 Å². The molecule has 0 radical (unpaired) electrons. The summed E-state index contributed by atoms with van der Waals surface area (Å²) < 4.78 is 10.6. The number of rotatable bonds is 3. The molecule has 1 aliphatic heterocycles. The van der Waals surface area contributed by atoms with Crippen LogP contribution in [0.15, 0.2) is 36.4 Å². The summed E-state index contributed by atoms with van der Waals surface area (Å²) >= 11 is 0. The van der Waals surface area contributed by atoms with Gasteiger partial charge in [0.15, 0.2) is 0 Å². The highest BCUT2D eigenvalue weighted by Gasteiger charge is 2.21. The predicted octanol–water partition coefficient (Wildman–Crippen LogP) is 2.24. The van der Waals surface area contributed by atoms with Crippen LogP contribution in [0.5, 0.6) is 5.75 Å². The highest BCUT2D eigenvalue weighted by atomic mass is 16.5. The largest absolute Gasteiger partial charge is 0.493 e. The number of para-hydroxylation sites is 1. The second-order valence-corrected chi connectivity index (χ2v) is 3.19. The number of benzene rings is 1. The van der Waals surface area contributed by atoms with Crippen LogP contribution in [-0.4, -0.2) is 12.6 Å². The Hall–Kier alpha value is -1.77. The summed E-state index contributed by atoms with van der Waals surface area (Å²) in [5.74, 6) is 0.468. The highest BCUT2D eigenvalue weighted by molar-refractivity contribution is 5.84. The second-order valence-electron chi connectivity index (χ2n) is 3.19. The fraction of sp³-hybridized carbons (Fsp3) is 0.250. The van der Waals surface area contributed by atoms with E-state index in [2.05, 4.69) is 0 Å². The quantitative estimate of drug-likeness (QED) is 0.708. The van der Waals surface area contributed by atoms with Gasteiger partial charge in [-0.1, -0.05) is 18.2 Å². The molecule has 0 fully saturated rings. The van der Waals surface area contributed by atoms with Crippen LogP contribution >= 0.6 is 0 Å². The van der Waals surface area contributed by atoms with E-state index < -0.39 is 0 Å². The molecule has 3 nitrogen and oxygen atoms in total. The van der Waals surface area contributed by atoms with Crippen molar-refractivity contribution < 1.29 is 14.3 Å². The molecule has 0 amide bonds. The molecule has 0 bridgehead atoms. The molecule has 0 aliphatic carbocycles. The molecule has 0 spiro atoms. The van der Waals surface area contributed by atoms with E-state index >= 15 is 0 Å². The van der Waals surface area contributed by atoms with Crippen molar-refractivity contribution in [3.63, 3.8) is 0 Å². The minimum atomic E-state index is -0.305. The molecule has 1 atom stereocenters. The van der Waals surface area contributed by atoms with Gasteiger partial charge in [0.25, 0.3) is 0 Å². The molecule has 0 aromatic heterocycles. The molecule has 0 N–H and O–H groups in total. The Balaban J connectivity index is 2.27. The van der Waals surface area contributed by atoms with Gasteiger partial charge < -0.3 is 9.47 Å². The average Bonchev–Trinajstić information content (AvgIpc) is 2.66. The van der Waals surface area contributed by atoms with E-state index in [0.717, 1.165) is 11.3 Å². The van der Waals surface area contributed by atoms with Crippen LogP contribution < -0.4 is 4.74 Å². The Kier molecular flexibility index (Phi) is 2.72. The molecule has 15 heavy (non-hydrogen) atoms. The van der Waals surface area contributed by atoms with Gasteiger partial charge in [-0.2, -0.15) is 0 Å². The lowest BCUT2D eigenvalue weighted by molar-refractivity contribution is -0.138. The van der Waals surface area contributed by atoms with E-state index in [1.165, 1.54) is 6.08 Å². The van der Waals surface area contributed by atoms with Crippen LogP contribution in [0.25, 0.3) is 0 Å². The van der Waals surface area contributed by atoms with Crippen molar-refractivity contribution in [2.45, 2.75) is 13.0 Å². The van der Waals surface area contributed by atoms with E-state index in [0.29, 0.717) is 6.61 Å². The smallest absolute Gasteiger partial charge is 0.331 e. The summed E-state index contributed by atoms with van der Waals surface area (Å²) in [7, 11) is 0. The van der Waals surface area contributed by atoms with E-state index in [1.807, 2.05) is 31.2 Å². The number of ether oxygens (including phenoxy) is 2. The monoisotopic (exact) mass is 204 g/mol. The number of hydrogen-bond donors (Lipinski definition) is 0. The summed E-state index contributed by atoms with van der Waals surface area (Å²) in [6, 6.07) is 7.57.